The SMILES string of the molecule is CCCN(CC)c1cc(C)nc(Oc2c(C)cc(F)cc2C)c1C. The van der Waals surface area contributed by atoms with Crippen LogP contribution in [0.4, 0.5) is 10.1 Å². The monoisotopic (exact) mass is 330 g/mol. The number of aryl methyl sites for hydroxylation is 3. The van der Waals surface area contributed by atoms with Crippen molar-refractivity contribution >= 4 is 5.69 Å². The summed E-state index contributed by atoms with van der Waals surface area (Å²) in [5.41, 5.74) is 4.63. The second-order valence-electron chi connectivity index (χ2n) is 6.26. The average Bonchev–Trinajstić information content (AvgIpc) is 2.51. The minimum atomic E-state index is -0.243. The molecule has 0 aliphatic carbocycles. The molecule has 0 spiro atoms. The Morgan fingerprint density at radius 1 is 1.04 bits per heavy atom. The van der Waals surface area contributed by atoms with E-state index in [1.54, 1.807) is 0 Å². The Bertz CT molecular complexity index is 705. The molecule has 4 heteroatoms. The molecule has 1 aromatic carbocycles. The van der Waals surface area contributed by atoms with E-state index in [1.165, 1.54) is 12.1 Å². The Kier molecular flexibility index (Phi) is 5.81. The van der Waals surface area contributed by atoms with Crippen molar-refractivity contribution in [3.63, 3.8) is 0 Å². The highest BCUT2D eigenvalue weighted by Gasteiger charge is 2.16. The molecule has 0 atom stereocenters. The number of benzene rings is 1. The third-order valence-electron chi connectivity index (χ3n) is 4.17. The number of ether oxygens (including phenoxy) is 1. The summed E-state index contributed by atoms with van der Waals surface area (Å²) in [6.07, 6.45) is 1.08. The van der Waals surface area contributed by atoms with Crippen LogP contribution in [-0.2, 0) is 0 Å². The van der Waals surface area contributed by atoms with Gasteiger partial charge in [-0.05, 0) is 70.4 Å². The van der Waals surface area contributed by atoms with E-state index in [2.05, 4.69) is 29.8 Å². The number of pyridine rings is 1. The van der Waals surface area contributed by atoms with E-state index in [4.69, 9.17) is 4.74 Å². The normalized spacial score (nSPS) is 10.8. The van der Waals surface area contributed by atoms with Crippen LogP contribution in [-0.4, -0.2) is 18.1 Å². The van der Waals surface area contributed by atoms with Gasteiger partial charge in [-0.25, -0.2) is 9.37 Å². The van der Waals surface area contributed by atoms with Gasteiger partial charge in [-0.15, -0.1) is 0 Å². The molecule has 0 fully saturated rings. The summed E-state index contributed by atoms with van der Waals surface area (Å²) in [5.74, 6) is 1.03. The summed E-state index contributed by atoms with van der Waals surface area (Å²) in [7, 11) is 0. The first kappa shape index (κ1) is 18.2. The molecule has 24 heavy (non-hydrogen) atoms. The van der Waals surface area contributed by atoms with Crippen LogP contribution in [0.15, 0.2) is 18.2 Å². The zero-order valence-electron chi connectivity index (χ0n) is 15.5. The summed E-state index contributed by atoms with van der Waals surface area (Å²) in [5, 5.41) is 0. The lowest BCUT2D eigenvalue weighted by Crippen LogP contribution is -2.24. The summed E-state index contributed by atoms with van der Waals surface area (Å²) in [4.78, 5) is 6.90. The molecule has 0 radical (unpaired) electrons. The average molecular weight is 330 g/mol. The highest BCUT2D eigenvalue weighted by Crippen LogP contribution is 2.34. The molecule has 0 amide bonds. The molecule has 0 bridgehead atoms. The van der Waals surface area contributed by atoms with Gasteiger partial charge in [0.1, 0.15) is 11.6 Å². The lowest BCUT2D eigenvalue weighted by Gasteiger charge is -2.26. The molecule has 1 aromatic heterocycles. The minimum Gasteiger partial charge on any atom is -0.438 e. The molecule has 0 N–H and O–H groups in total. The minimum absolute atomic E-state index is 0.243. The number of rotatable bonds is 6. The van der Waals surface area contributed by atoms with Crippen LogP contribution in [0.2, 0.25) is 0 Å². The lowest BCUT2D eigenvalue weighted by atomic mass is 10.1. The Morgan fingerprint density at radius 3 is 2.21 bits per heavy atom. The summed E-state index contributed by atoms with van der Waals surface area (Å²) >= 11 is 0. The molecule has 3 nitrogen and oxygen atoms in total. The fourth-order valence-corrected chi connectivity index (χ4v) is 2.99. The molecule has 0 aliphatic rings. The third kappa shape index (κ3) is 3.86. The Hall–Kier alpha value is -2.10. The molecule has 0 aliphatic heterocycles. The standard InChI is InChI=1S/C20H27FN2O/c1-7-9-23(8-2)18-12-15(5)22-20(16(18)6)24-19-13(3)10-17(21)11-14(19)4/h10-12H,7-9H2,1-6H3. The molecule has 0 unspecified atom stereocenters. The number of hydrogen-bond donors (Lipinski definition) is 0. The van der Waals surface area contributed by atoms with Crippen LogP contribution >= 0.6 is 0 Å². The van der Waals surface area contributed by atoms with E-state index in [0.717, 1.165) is 47.6 Å². The zero-order chi connectivity index (χ0) is 17.9. The Balaban J connectivity index is 2.47. The number of halogens is 1. The topological polar surface area (TPSA) is 25.4 Å². The van der Waals surface area contributed by atoms with Crippen LogP contribution in [0.3, 0.4) is 0 Å². The number of hydrogen-bond acceptors (Lipinski definition) is 3. The van der Waals surface area contributed by atoms with Gasteiger partial charge in [-0.3, -0.25) is 0 Å². The van der Waals surface area contributed by atoms with E-state index >= 15 is 0 Å². The van der Waals surface area contributed by atoms with Gasteiger partial charge in [-0.2, -0.15) is 0 Å². The van der Waals surface area contributed by atoms with Crippen molar-refractivity contribution in [1.29, 1.82) is 0 Å². The lowest BCUT2D eigenvalue weighted by molar-refractivity contribution is 0.448. The largest absolute Gasteiger partial charge is 0.438 e. The van der Waals surface area contributed by atoms with Crippen molar-refractivity contribution in [1.82, 2.24) is 4.98 Å². The van der Waals surface area contributed by atoms with Gasteiger partial charge in [0.15, 0.2) is 0 Å². The van der Waals surface area contributed by atoms with Gasteiger partial charge in [0.05, 0.1) is 0 Å². The first-order valence-corrected chi connectivity index (χ1v) is 8.55. The molecule has 1 heterocycles. The quantitative estimate of drug-likeness (QED) is 0.701. The fraction of sp³-hybridized carbons (Fsp3) is 0.450. The third-order valence-corrected chi connectivity index (χ3v) is 4.17. The van der Waals surface area contributed by atoms with Gasteiger partial charge in [0.2, 0.25) is 5.88 Å². The van der Waals surface area contributed by atoms with E-state index < -0.39 is 0 Å². The maximum Gasteiger partial charge on any atom is 0.224 e. The molecule has 0 saturated heterocycles. The molecular weight excluding hydrogens is 303 g/mol. The van der Waals surface area contributed by atoms with Crippen molar-refractivity contribution < 1.29 is 9.13 Å². The van der Waals surface area contributed by atoms with Crippen molar-refractivity contribution in [3.8, 4) is 11.6 Å². The smallest absolute Gasteiger partial charge is 0.224 e. The summed E-state index contributed by atoms with van der Waals surface area (Å²) < 4.78 is 19.6. The number of anilines is 1. The van der Waals surface area contributed by atoms with E-state index in [1.807, 2.05) is 27.7 Å². The van der Waals surface area contributed by atoms with E-state index in [9.17, 15) is 4.39 Å². The van der Waals surface area contributed by atoms with Crippen LogP contribution in [0.1, 0.15) is 42.7 Å². The highest BCUT2D eigenvalue weighted by atomic mass is 19.1. The van der Waals surface area contributed by atoms with Gasteiger partial charge >= 0.3 is 0 Å². The first-order chi connectivity index (χ1) is 11.4. The van der Waals surface area contributed by atoms with Gasteiger partial charge in [-0.1, -0.05) is 6.92 Å². The van der Waals surface area contributed by atoms with Crippen molar-refractivity contribution in [2.24, 2.45) is 0 Å². The Labute approximate surface area is 144 Å². The predicted molar refractivity (Wildman–Crippen MR) is 97.8 cm³/mol. The van der Waals surface area contributed by atoms with Crippen LogP contribution in [0.25, 0.3) is 0 Å². The maximum absolute atomic E-state index is 13.5. The van der Waals surface area contributed by atoms with Crippen LogP contribution in [0, 0.1) is 33.5 Å². The highest BCUT2D eigenvalue weighted by molar-refractivity contribution is 5.58. The molecular formula is C20H27FN2O. The predicted octanol–water partition coefficient (Wildman–Crippen LogP) is 5.48. The van der Waals surface area contributed by atoms with E-state index in [0.29, 0.717) is 11.6 Å². The van der Waals surface area contributed by atoms with Gasteiger partial charge in [0, 0.05) is 30.0 Å². The van der Waals surface area contributed by atoms with Crippen LogP contribution < -0.4 is 9.64 Å². The van der Waals surface area contributed by atoms with Gasteiger partial charge < -0.3 is 9.64 Å². The van der Waals surface area contributed by atoms with Gasteiger partial charge in [0.25, 0.3) is 0 Å². The summed E-state index contributed by atoms with van der Waals surface area (Å²) in [6, 6.07) is 5.08. The van der Waals surface area contributed by atoms with Crippen LogP contribution in [0.5, 0.6) is 11.6 Å². The Morgan fingerprint density at radius 2 is 1.67 bits per heavy atom. The van der Waals surface area contributed by atoms with E-state index in [-0.39, 0.29) is 5.82 Å². The first-order valence-electron chi connectivity index (χ1n) is 8.55. The number of nitrogens with zero attached hydrogens (tertiary/aromatic N) is 2. The molecule has 0 saturated carbocycles. The van der Waals surface area contributed by atoms with Crippen molar-refractivity contribution in [2.75, 3.05) is 18.0 Å². The zero-order valence-corrected chi connectivity index (χ0v) is 15.5. The molecule has 2 aromatic rings. The van der Waals surface area contributed by atoms with Crippen molar-refractivity contribution in [2.45, 2.75) is 48.0 Å². The second kappa shape index (κ2) is 7.65. The second-order valence-corrected chi connectivity index (χ2v) is 6.26. The molecule has 2 rings (SSSR count). The van der Waals surface area contributed by atoms with Crippen molar-refractivity contribution in [3.05, 3.63) is 46.4 Å². The molecule has 130 valence electrons. The maximum atomic E-state index is 13.5. The summed E-state index contributed by atoms with van der Waals surface area (Å²) in [6.45, 7) is 14.0. The fourth-order valence-electron chi connectivity index (χ4n) is 2.99. The number of aromatic nitrogens is 1.